The Bertz CT molecular complexity index is 939. The van der Waals surface area contributed by atoms with Crippen LogP contribution in [0, 0.1) is 0 Å². The maximum Gasteiger partial charge on any atom is 0.224 e. The Morgan fingerprint density at radius 3 is 2.21 bits per heavy atom. The van der Waals surface area contributed by atoms with Crippen LogP contribution in [0.25, 0.3) is 0 Å². The molecule has 1 heterocycles. The van der Waals surface area contributed by atoms with Gasteiger partial charge in [0.15, 0.2) is 0 Å². The summed E-state index contributed by atoms with van der Waals surface area (Å²) in [6.07, 6.45) is 0.901. The zero-order chi connectivity index (χ0) is 19.5. The molecule has 142 valence electrons. The fourth-order valence-electron chi connectivity index (χ4n) is 4.28. The molecule has 0 saturated heterocycles. The predicted molar refractivity (Wildman–Crippen MR) is 115 cm³/mol. The standard InChI is InChI=1S/C25H26N2O/c1-19-17-25(27(20(2)28)22-13-7-4-8-14-22)23-15-9-10-16-24(23)26(19)18-21-11-5-3-6-12-21/h3-16,19,25H,17-18H2,1-2H3/t19-,25+/m1/s1. The number of carbonyl (C=O) groups is 1. The molecule has 1 aliphatic rings. The first-order valence-electron chi connectivity index (χ1n) is 9.89. The molecule has 0 radical (unpaired) electrons. The van der Waals surface area contributed by atoms with Crippen molar-refractivity contribution in [1.82, 2.24) is 0 Å². The van der Waals surface area contributed by atoms with Crippen LogP contribution in [-0.4, -0.2) is 11.9 Å². The van der Waals surface area contributed by atoms with Crippen LogP contribution >= 0.6 is 0 Å². The topological polar surface area (TPSA) is 23.6 Å². The maximum absolute atomic E-state index is 12.6. The molecular formula is C25H26N2O. The Morgan fingerprint density at radius 1 is 0.929 bits per heavy atom. The van der Waals surface area contributed by atoms with Crippen molar-refractivity contribution in [2.24, 2.45) is 0 Å². The highest BCUT2D eigenvalue weighted by Crippen LogP contribution is 2.42. The highest BCUT2D eigenvalue weighted by Gasteiger charge is 2.35. The quantitative estimate of drug-likeness (QED) is 0.598. The number of para-hydroxylation sites is 2. The van der Waals surface area contributed by atoms with E-state index in [9.17, 15) is 4.79 Å². The zero-order valence-corrected chi connectivity index (χ0v) is 16.5. The second kappa shape index (κ2) is 7.89. The summed E-state index contributed by atoms with van der Waals surface area (Å²) < 4.78 is 0. The second-order valence-electron chi connectivity index (χ2n) is 7.50. The normalized spacial score (nSPS) is 18.4. The Balaban J connectivity index is 1.74. The molecule has 1 aliphatic heterocycles. The van der Waals surface area contributed by atoms with Gasteiger partial charge < -0.3 is 9.80 Å². The van der Waals surface area contributed by atoms with Crippen molar-refractivity contribution in [3.8, 4) is 0 Å². The predicted octanol–water partition coefficient (Wildman–Crippen LogP) is 5.58. The third-order valence-electron chi connectivity index (χ3n) is 5.58. The van der Waals surface area contributed by atoms with E-state index in [0.29, 0.717) is 6.04 Å². The fourth-order valence-corrected chi connectivity index (χ4v) is 4.28. The average molecular weight is 370 g/mol. The molecule has 0 bridgehead atoms. The lowest BCUT2D eigenvalue weighted by atomic mass is 9.89. The van der Waals surface area contributed by atoms with Gasteiger partial charge in [0.05, 0.1) is 6.04 Å². The number of fused-ring (bicyclic) bond motifs is 1. The molecule has 3 heteroatoms. The molecule has 3 nitrogen and oxygen atoms in total. The Labute approximate surface area is 167 Å². The lowest BCUT2D eigenvalue weighted by Gasteiger charge is -2.44. The van der Waals surface area contributed by atoms with Gasteiger partial charge in [-0.25, -0.2) is 0 Å². The highest BCUT2D eigenvalue weighted by molar-refractivity contribution is 5.92. The van der Waals surface area contributed by atoms with Crippen molar-refractivity contribution in [2.45, 2.75) is 38.9 Å². The molecule has 0 unspecified atom stereocenters. The van der Waals surface area contributed by atoms with Gasteiger partial charge in [-0.3, -0.25) is 4.79 Å². The lowest BCUT2D eigenvalue weighted by molar-refractivity contribution is -0.117. The van der Waals surface area contributed by atoms with Gasteiger partial charge in [-0.2, -0.15) is 0 Å². The van der Waals surface area contributed by atoms with Crippen LogP contribution in [-0.2, 0) is 11.3 Å². The first kappa shape index (κ1) is 18.3. The van der Waals surface area contributed by atoms with Crippen LogP contribution in [0.5, 0.6) is 0 Å². The summed E-state index contributed by atoms with van der Waals surface area (Å²) in [5.74, 6) is 0.0784. The average Bonchev–Trinajstić information content (AvgIpc) is 2.72. The van der Waals surface area contributed by atoms with E-state index in [1.54, 1.807) is 6.92 Å². The van der Waals surface area contributed by atoms with Gasteiger partial charge in [-0.05, 0) is 42.7 Å². The van der Waals surface area contributed by atoms with Crippen molar-refractivity contribution in [1.29, 1.82) is 0 Å². The lowest BCUT2D eigenvalue weighted by Crippen LogP contribution is -2.44. The van der Waals surface area contributed by atoms with E-state index in [2.05, 4.69) is 66.4 Å². The molecule has 0 saturated carbocycles. The molecule has 28 heavy (non-hydrogen) atoms. The van der Waals surface area contributed by atoms with Gasteiger partial charge in [-0.1, -0.05) is 66.7 Å². The number of rotatable bonds is 4. The summed E-state index contributed by atoms with van der Waals surface area (Å²) in [4.78, 5) is 17.1. The summed E-state index contributed by atoms with van der Waals surface area (Å²) in [6.45, 7) is 4.79. The molecular weight excluding hydrogens is 344 g/mol. The van der Waals surface area contributed by atoms with Gasteiger partial charge in [0, 0.05) is 30.9 Å². The van der Waals surface area contributed by atoms with Crippen LogP contribution in [0.3, 0.4) is 0 Å². The van der Waals surface area contributed by atoms with Gasteiger partial charge in [0.25, 0.3) is 0 Å². The van der Waals surface area contributed by atoms with Crippen LogP contribution < -0.4 is 9.80 Å². The van der Waals surface area contributed by atoms with Crippen molar-refractivity contribution < 1.29 is 4.79 Å². The first-order valence-corrected chi connectivity index (χ1v) is 9.89. The fraction of sp³-hybridized carbons (Fsp3) is 0.240. The first-order chi connectivity index (χ1) is 13.6. The minimum Gasteiger partial charge on any atom is -0.364 e. The molecule has 0 spiro atoms. The van der Waals surface area contributed by atoms with Gasteiger partial charge in [0.1, 0.15) is 0 Å². The summed E-state index contributed by atoms with van der Waals surface area (Å²) >= 11 is 0. The molecule has 2 atom stereocenters. The molecule has 0 aliphatic carbocycles. The molecule has 0 aromatic heterocycles. The Kier molecular flexibility index (Phi) is 5.16. The SMILES string of the molecule is CC(=O)N(c1ccccc1)[C@H]1C[C@@H](C)N(Cc2ccccc2)c2ccccc21. The van der Waals surface area contributed by atoms with Crippen LogP contribution in [0.15, 0.2) is 84.9 Å². The number of hydrogen-bond donors (Lipinski definition) is 0. The third-order valence-corrected chi connectivity index (χ3v) is 5.58. The van der Waals surface area contributed by atoms with E-state index in [-0.39, 0.29) is 11.9 Å². The molecule has 4 rings (SSSR count). The summed E-state index contributed by atoms with van der Waals surface area (Å²) in [5.41, 5.74) is 4.69. The van der Waals surface area contributed by atoms with Gasteiger partial charge >= 0.3 is 0 Å². The smallest absolute Gasteiger partial charge is 0.224 e. The number of anilines is 2. The van der Waals surface area contributed by atoms with Crippen LogP contribution in [0.2, 0.25) is 0 Å². The molecule has 3 aromatic carbocycles. The van der Waals surface area contributed by atoms with Crippen molar-refractivity contribution in [2.75, 3.05) is 9.80 Å². The molecule has 0 N–H and O–H groups in total. The number of nitrogens with zero attached hydrogens (tertiary/aromatic N) is 2. The maximum atomic E-state index is 12.6. The summed E-state index contributed by atoms with van der Waals surface area (Å²) in [6, 6.07) is 29.5. The number of hydrogen-bond acceptors (Lipinski definition) is 2. The number of carbonyl (C=O) groups excluding carboxylic acids is 1. The van der Waals surface area contributed by atoms with E-state index < -0.39 is 0 Å². The van der Waals surface area contributed by atoms with Crippen molar-refractivity contribution in [3.05, 3.63) is 96.1 Å². The third kappa shape index (κ3) is 3.53. The number of amides is 1. The largest absolute Gasteiger partial charge is 0.364 e. The number of benzene rings is 3. The van der Waals surface area contributed by atoms with E-state index >= 15 is 0 Å². The second-order valence-corrected chi connectivity index (χ2v) is 7.50. The Hall–Kier alpha value is -3.07. The van der Waals surface area contributed by atoms with E-state index in [4.69, 9.17) is 0 Å². The van der Waals surface area contributed by atoms with Crippen LogP contribution in [0.1, 0.15) is 37.4 Å². The molecule has 0 fully saturated rings. The van der Waals surface area contributed by atoms with Gasteiger partial charge in [-0.15, -0.1) is 0 Å². The van der Waals surface area contributed by atoms with Crippen LogP contribution in [0.4, 0.5) is 11.4 Å². The Morgan fingerprint density at radius 2 is 1.54 bits per heavy atom. The summed E-state index contributed by atoms with van der Waals surface area (Å²) in [5, 5.41) is 0. The monoisotopic (exact) mass is 370 g/mol. The van der Waals surface area contributed by atoms with E-state index in [1.807, 2.05) is 35.2 Å². The summed E-state index contributed by atoms with van der Waals surface area (Å²) in [7, 11) is 0. The minimum atomic E-state index is 0.0399. The molecule has 3 aromatic rings. The zero-order valence-electron chi connectivity index (χ0n) is 16.5. The van der Waals surface area contributed by atoms with Crippen molar-refractivity contribution in [3.63, 3.8) is 0 Å². The van der Waals surface area contributed by atoms with E-state index in [0.717, 1.165) is 18.7 Å². The minimum absolute atomic E-state index is 0.0399. The van der Waals surface area contributed by atoms with Crippen molar-refractivity contribution >= 4 is 17.3 Å². The highest BCUT2D eigenvalue weighted by atomic mass is 16.2. The van der Waals surface area contributed by atoms with E-state index in [1.165, 1.54) is 16.8 Å². The van der Waals surface area contributed by atoms with Gasteiger partial charge in [0.2, 0.25) is 5.91 Å². The molecule has 1 amide bonds.